The first kappa shape index (κ1) is 17.2. The summed E-state index contributed by atoms with van der Waals surface area (Å²) in [5.74, 6) is 0.0301. The summed E-state index contributed by atoms with van der Waals surface area (Å²) in [6.45, 7) is 3.16. The molecule has 4 nitrogen and oxygen atoms in total. The highest BCUT2D eigenvalue weighted by Crippen LogP contribution is 2.35. The largest absolute Gasteiger partial charge is 0.349 e. The molecule has 1 amide bonds. The van der Waals surface area contributed by atoms with Gasteiger partial charge in [0.1, 0.15) is 0 Å². The summed E-state index contributed by atoms with van der Waals surface area (Å²) in [7, 11) is 0. The quantitative estimate of drug-likeness (QED) is 0.915. The Kier molecular flexibility index (Phi) is 5.02. The van der Waals surface area contributed by atoms with Gasteiger partial charge in [-0.05, 0) is 50.3 Å². The van der Waals surface area contributed by atoms with Crippen molar-refractivity contribution in [2.75, 3.05) is 0 Å². The fraction of sp³-hybridized carbons (Fsp3) is 0.455. The summed E-state index contributed by atoms with van der Waals surface area (Å²) in [6, 6.07) is 13.9. The fourth-order valence-corrected chi connectivity index (χ4v) is 4.53. The van der Waals surface area contributed by atoms with Crippen LogP contribution < -0.4 is 5.32 Å². The second kappa shape index (κ2) is 7.58. The molecule has 2 unspecified atom stereocenters. The van der Waals surface area contributed by atoms with Crippen LogP contribution >= 0.6 is 0 Å². The van der Waals surface area contributed by atoms with Gasteiger partial charge in [0.05, 0.1) is 0 Å². The number of piperidine rings is 2. The number of benzene rings is 1. The molecule has 26 heavy (non-hydrogen) atoms. The second-order valence-electron chi connectivity index (χ2n) is 7.77. The third-order valence-corrected chi connectivity index (χ3v) is 5.89. The van der Waals surface area contributed by atoms with Gasteiger partial charge in [-0.3, -0.25) is 14.7 Å². The van der Waals surface area contributed by atoms with Gasteiger partial charge in [-0.1, -0.05) is 36.2 Å². The van der Waals surface area contributed by atoms with Gasteiger partial charge in [0, 0.05) is 42.6 Å². The van der Waals surface area contributed by atoms with Crippen LogP contribution in [0.2, 0.25) is 0 Å². The molecule has 2 saturated heterocycles. The van der Waals surface area contributed by atoms with Gasteiger partial charge in [0.15, 0.2) is 0 Å². The van der Waals surface area contributed by atoms with E-state index in [0.29, 0.717) is 17.6 Å². The lowest BCUT2D eigenvalue weighted by molar-refractivity contribution is 0.0177. The standard InChI is InChI=1S/C22H27N3O/c1-16-5-7-17(8-6-16)15-25-20-3-2-4-21(25)14-19(13-20)24-22(26)18-9-11-23-12-10-18/h5-12,19-21H,2-4,13-15H2,1H3,(H,24,26). The minimum Gasteiger partial charge on any atom is -0.349 e. The number of nitrogens with zero attached hydrogens (tertiary/aromatic N) is 2. The highest BCUT2D eigenvalue weighted by molar-refractivity contribution is 5.94. The highest BCUT2D eigenvalue weighted by atomic mass is 16.1. The fourth-order valence-electron chi connectivity index (χ4n) is 4.53. The van der Waals surface area contributed by atoms with Crippen LogP contribution in [0.15, 0.2) is 48.8 Å². The number of nitrogens with one attached hydrogen (secondary N) is 1. The van der Waals surface area contributed by atoms with Crippen LogP contribution in [0.1, 0.15) is 53.6 Å². The van der Waals surface area contributed by atoms with E-state index in [1.807, 2.05) is 0 Å². The van der Waals surface area contributed by atoms with Crippen LogP contribution in [-0.4, -0.2) is 33.9 Å². The summed E-state index contributed by atoms with van der Waals surface area (Å²) in [5.41, 5.74) is 3.41. The maximum Gasteiger partial charge on any atom is 0.251 e. The maximum atomic E-state index is 12.5. The molecule has 1 aromatic heterocycles. The Bertz CT molecular complexity index is 730. The lowest BCUT2D eigenvalue weighted by Crippen LogP contribution is -2.56. The molecular formula is C22H27N3O. The molecule has 2 atom stereocenters. The molecule has 0 radical (unpaired) electrons. The van der Waals surface area contributed by atoms with Crippen molar-refractivity contribution in [2.24, 2.45) is 0 Å². The predicted octanol–water partition coefficient (Wildman–Crippen LogP) is 3.71. The van der Waals surface area contributed by atoms with Crippen LogP contribution in [0.3, 0.4) is 0 Å². The van der Waals surface area contributed by atoms with E-state index in [4.69, 9.17) is 0 Å². The summed E-state index contributed by atoms with van der Waals surface area (Å²) in [5, 5.41) is 3.26. The minimum atomic E-state index is 0.0301. The number of hydrogen-bond donors (Lipinski definition) is 1. The molecule has 2 fully saturated rings. The van der Waals surface area contributed by atoms with Crippen LogP contribution in [0.5, 0.6) is 0 Å². The Hall–Kier alpha value is -2.20. The molecule has 2 aromatic rings. The van der Waals surface area contributed by atoms with Crippen molar-refractivity contribution >= 4 is 5.91 Å². The second-order valence-corrected chi connectivity index (χ2v) is 7.77. The normalized spacial score (nSPS) is 25.7. The van der Waals surface area contributed by atoms with E-state index in [2.05, 4.69) is 46.4 Å². The van der Waals surface area contributed by atoms with Crippen LogP contribution in [0.25, 0.3) is 0 Å². The van der Waals surface area contributed by atoms with Crippen molar-refractivity contribution in [1.82, 2.24) is 15.2 Å². The van der Waals surface area contributed by atoms with E-state index in [-0.39, 0.29) is 11.9 Å². The molecule has 0 saturated carbocycles. The molecule has 2 aliphatic heterocycles. The summed E-state index contributed by atoms with van der Waals surface area (Å²) in [4.78, 5) is 19.2. The molecular weight excluding hydrogens is 322 g/mol. The molecule has 0 spiro atoms. The first-order valence-electron chi connectivity index (χ1n) is 9.71. The monoisotopic (exact) mass is 349 g/mol. The minimum absolute atomic E-state index is 0.0301. The van der Waals surface area contributed by atoms with Crippen molar-refractivity contribution in [1.29, 1.82) is 0 Å². The number of fused-ring (bicyclic) bond motifs is 2. The van der Waals surface area contributed by atoms with Crippen LogP contribution in [-0.2, 0) is 6.54 Å². The lowest BCUT2D eigenvalue weighted by Gasteiger charge is -2.49. The van der Waals surface area contributed by atoms with E-state index in [1.165, 1.54) is 30.4 Å². The van der Waals surface area contributed by atoms with Gasteiger partial charge in [-0.15, -0.1) is 0 Å². The number of aromatic nitrogens is 1. The topological polar surface area (TPSA) is 45.2 Å². The van der Waals surface area contributed by atoms with Gasteiger partial charge in [-0.2, -0.15) is 0 Å². The third-order valence-electron chi connectivity index (χ3n) is 5.89. The number of pyridine rings is 1. The van der Waals surface area contributed by atoms with Gasteiger partial charge in [0.25, 0.3) is 5.91 Å². The van der Waals surface area contributed by atoms with E-state index in [0.717, 1.165) is 19.4 Å². The van der Waals surface area contributed by atoms with Crippen molar-refractivity contribution in [2.45, 2.75) is 63.7 Å². The molecule has 1 aromatic carbocycles. The van der Waals surface area contributed by atoms with Gasteiger partial charge in [-0.25, -0.2) is 0 Å². The average molecular weight is 349 g/mol. The van der Waals surface area contributed by atoms with Crippen LogP contribution in [0.4, 0.5) is 0 Å². The first-order chi connectivity index (χ1) is 12.7. The number of rotatable bonds is 4. The number of hydrogen-bond acceptors (Lipinski definition) is 3. The molecule has 3 heterocycles. The Balaban J connectivity index is 1.41. The number of aryl methyl sites for hydroxylation is 1. The van der Waals surface area contributed by atoms with E-state index in [1.54, 1.807) is 24.5 Å². The van der Waals surface area contributed by atoms with Gasteiger partial charge >= 0.3 is 0 Å². The molecule has 2 aliphatic rings. The molecule has 4 rings (SSSR count). The zero-order chi connectivity index (χ0) is 17.9. The molecule has 1 N–H and O–H groups in total. The Morgan fingerprint density at radius 3 is 2.38 bits per heavy atom. The van der Waals surface area contributed by atoms with Crippen molar-refractivity contribution in [3.63, 3.8) is 0 Å². The van der Waals surface area contributed by atoms with E-state index in [9.17, 15) is 4.79 Å². The lowest BCUT2D eigenvalue weighted by atomic mass is 9.81. The maximum absolute atomic E-state index is 12.5. The SMILES string of the molecule is Cc1ccc(CN2C3CCCC2CC(NC(=O)c2ccncc2)C3)cc1. The average Bonchev–Trinajstić information content (AvgIpc) is 2.65. The predicted molar refractivity (Wildman–Crippen MR) is 103 cm³/mol. The molecule has 2 bridgehead atoms. The van der Waals surface area contributed by atoms with Gasteiger partial charge < -0.3 is 5.32 Å². The zero-order valence-electron chi connectivity index (χ0n) is 15.4. The van der Waals surface area contributed by atoms with E-state index < -0.39 is 0 Å². The Morgan fingerprint density at radius 1 is 1.08 bits per heavy atom. The van der Waals surface area contributed by atoms with Crippen molar-refractivity contribution in [3.05, 3.63) is 65.5 Å². The van der Waals surface area contributed by atoms with Crippen molar-refractivity contribution in [3.8, 4) is 0 Å². The number of carbonyl (C=O) groups excluding carboxylic acids is 1. The zero-order valence-corrected chi connectivity index (χ0v) is 15.4. The Labute approximate surface area is 155 Å². The Morgan fingerprint density at radius 2 is 1.73 bits per heavy atom. The summed E-state index contributed by atoms with van der Waals surface area (Å²) < 4.78 is 0. The smallest absolute Gasteiger partial charge is 0.251 e. The molecule has 0 aliphatic carbocycles. The van der Waals surface area contributed by atoms with Crippen molar-refractivity contribution < 1.29 is 4.79 Å². The highest BCUT2D eigenvalue weighted by Gasteiger charge is 2.38. The summed E-state index contributed by atoms with van der Waals surface area (Å²) >= 11 is 0. The molecule has 136 valence electrons. The third kappa shape index (κ3) is 3.80. The summed E-state index contributed by atoms with van der Waals surface area (Å²) in [6.07, 6.45) is 9.25. The first-order valence-corrected chi connectivity index (χ1v) is 9.71. The molecule has 4 heteroatoms. The number of carbonyl (C=O) groups is 1. The van der Waals surface area contributed by atoms with Crippen LogP contribution in [0, 0.1) is 6.92 Å². The van der Waals surface area contributed by atoms with E-state index >= 15 is 0 Å². The number of amides is 1. The van der Waals surface area contributed by atoms with Gasteiger partial charge in [0.2, 0.25) is 0 Å².